The maximum absolute atomic E-state index is 12.4. The molecule has 0 atom stereocenters. The zero-order valence-corrected chi connectivity index (χ0v) is 15.5. The standard InChI is InChI=1S/C17H23N3O5S/c1-19-14-7-6-13(12-15(14)25-17(19)22)26(23,24)18-9-8-16(21)20-10-4-2-3-5-11-20/h6-7,12,18H,2-5,8-11H2,1H3. The first-order valence-corrected chi connectivity index (χ1v) is 10.2. The number of aromatic nitrogens is 1. The number of carbonyl (C=O) groups is 1. The van der Waals surface area contributed by atoms with E-state index in [2.05, 4.69) is 4.72 Å². The molecule has 142 valence electrons. The molecule has 1 fully saturated rings. The normalized spacial score (nSPS) is 16.0. The lowest BCUT2D eigenvalue weighted by Crippen LogP contribution is -2.35. The van der Waals surface area contributed by atoms with Gasteiger partial charge in [-0.05, 0) is 25.0 Å². The van der Waals surface area contributed by atoms with Gasteiger partial charge in [0.2, 0.25) is 15.9 Å². The minimum Gasteiger partial charge on any atom is -0.408 e. The maximum atomic E-state index is 12.4. The number of aryl methyl sites for hydroxylation is 1. The second-order valence-corrected chi connectivity index (χ2v) is 8.27. The van der Waals surface area contributed by atoms with Gasteiger partial charge in [-0.1, -0.05) is 12.8 Å². The van der Waals surface area contributed by atoms with E-state index in [1.807, 2.05) is 4.90 Å². The van der Waals surface area contributed by atoms with Crippen LogP contribution in [0.5, 0.6) is 0 Å². The van der Waals surface area contributed by atoms with Crippen LogP contribution in [-0.4, -0.2) is 43.4 Å². The Hall–Kier alpha value is -2.13. The Kier molecular flexibility index (Phi) is 5.47. The van der Waals surface area contributed by atoms with Crippen LogP contribution < -0.4 is 10.5 Å². The summed E-state index contributed by atoms with van der Waals surface area (Å²) >= 11 is 0. The predicted octanol–water partition coefficient (Wildman–Crippen LogP) is 1.20. The van der Waals surface area contributed by atoms with Crippen molar-refractivity contribution >= 4 is 27.0 Å². The number of carbonyl (C=O) groups excluding carboxylic acids is 1. The number of amides is 1. The van der Waals surface area contributed by atoms with E-state index in [0.29, 0.717) is 5.52 Å². The first kappa shape index (κ1) is 18.7. The Morgan fingerprint density at radius 3 is 2.58 bits per heavy atom. The second-order valence-electron chi connectivity index (χ2n) is 6.50. The van der Waals surface area contributed by atoms with Crippen LogP contribution in [0.3, 0.4) is 0 Å². The average molecular weight is 381 g/mol. The Morgan fingerprint density at radius 1 is 1.19 bits per heavy atom. The molecule has 1 amide bonds. The Morgan fingerprint density at radius 2 is 1.88 bits per heavy atom. The summed E-state index contributed by atoms with van der Waals surface area (Å²) in [6.07, 6.45) is 4.39. The van der Waals surface area contributed by atoms with Gasteiger partial charge in [0, 0.05) is 39.2 Å². The molecule has 1 aliphatic rings. The summed E-state index contributed by atoms with van der Waals surface area (Å²) in [5.74, 6) is -0.579. The van der Waals surface area contributed by atoms with E-state index in [1.54, 1.807) is 7.05 Å². The molecule has 1 saturated heterocycles. The Labute approximate surface area is 151 Å². The monoisotopic (exact) mass is 381 g/mol. The quantitative estimate of drug-likeness (QED) is 0.839. The molecule has 1 aromatic carbocycles. The van der Waals surface area contributed by atoms with E-state index >= 15 is 0 Å². The van der Waals surface area contributed by atoms with E-state index < -0.39 is 15.8 Å². The fraction of sp³-hybridized carbons (Fsp3) is 0.529. The topological polar surface area (TPSA) is 102 Å². The van der Waals surface area contributed by atoms with Gasteiger partial charge >= 0.3 is 5.76 Å². The van der Waals surface area contributed by atoms with Gasteiger partial charge in [-0.25, -0.2) is 17.9 Å². The third-order valence-corrected chi connectivity index (χ3v) is 6.12. The summed E-state index contributed by atoms with van der Waals surface area (Å²) < 4.78 is 33.6. The molecule has 26 heavy (non-hydrogen) atoms. The molecule has 8 nitrogen and oxygen atoms in total. The zero-order chi connectivity index (χ0) is 18.7. The van der Waals surface area contributed by atoms with Gasteiger partial charge in [0.15, 0.2) is 5.58 Å². The summed E-state index contributed by atoms with van der Waals surface area (Å²) in [7, 11) is -2.23. The molecule has 2 heterocycles. The van der Waals surface area contributed by atoms with Crippen LogP contribution in [0.15, 0.2) is 32.3 Å². The molecule has 3 rings (SSSR count). The number of fused-ring (bicyclic) bond motifs is 1. The molecule has 1 aliphatic heterocycles. The van der Waals surface area contributed by atoms with E-state index in [9.17, 15) is 18.0 Å². The first-order valence-electron chi connectivity index (χ1n) is 8.75. The number of nitrogens with zero attached hydrogens (tertiary/aromatic N) is 2. The number of sulfonamides is 1. The molecule has 2 aromatic rings. The molecule has 0 spiro atoms. The smallest absolute Gasteiger partial charge is 0.408 e. The van der Waals surface area contributed by atoms with E-state index in [0.717, 1.165) is 38.8 Å². The largest absolute Gasteiger partial charge is 0.419 e. The zero-order valence-electron chi connectivity index (χ0n) is 14.7. The van der Waals surface area contributed by atoms with Gasteiger partial charge in [-0.15, -0.1) is 0 Å². The second kappa shape index (κ2) is 7.63. The molecule has 0 unspecified atom stereocenters. The van der Waals surface area contributed by atoms with Crippen molar-refractivity contribution in [2.24, 2.45) is 7.05 Å². The Balaban J connectivity index is 1.63. The minimum absolute atomic E-state index is 0.00146. The average Bonchev–Trinajstić information content (AvgIpc) is 2.81. The SMILES string of the molecule is Cn1c(=O)oc2cc(S(=O)(=O)NCCC(=O)N3CCCCCC3)ccc21. The summed E-state index contributed by atoms with van der Waals surface area (Å²) in [6.45, 7) is 1.53. The summed E-state index contributed by atoms with van der Waals surface area (Å²) in [4.78, 5) is 25.6. The molecule has 0 bridgehead atoms. The minimum atomic E-state index is -3.78. The van der Waals surface area contributed by atoms with Gasteiger partial charge in [-0.3, -0.25) is 9.36 Å². The highest BCUT2D eigenvalue weighted by Crippen LogP contribution is 2.18. The van der Waals surface area contributed by atoms with Crippen molar-refractivity contribution in [3.8, 4) is 0 Å². The van der Waals surface area contributed by atoms with Crippen molar-refractivity contribution in [1.82, 2.24) is 14.2 Å². The van der Waals surface area contributed by atoms with Gasteiger partial charge < -0.3 is 9.32 Å². The van der Waals surface area contributed by atoms with Crippen molar-refractivity contribution in [3.05, 3.63) is 28.7 Å². The number of rotatable bonds is 5. The molecule has 1 N–H and O–H groups in total. The molecule has 9 heteroatoms. The van der Waals surface area contributed by atoms with Crippen LogP contribution >= 0.6 is 0 Å². The first-order chi connectivity index (χ1) is 12.4. The van der Waals surface area contributed by atoms with Crippen molar-refractivity contribution < 1.29 is 17.6 Å². The van der Waals surface area contributed by atoms with Crippen molar-refractivity contribution in [2.45, 2.75) is 37.0 Å². The van der Waals surface area contributed by atoms with Crippen LogP contribution in [0.4, 0.5) is 0 Å². The molecule has 0 saturated carbocycles. The Bertz CT molecular complexity index is 952. The fourth-order valence-electron chi connectivity index (χ4n) is 3.14. The summed E-state index contributed by atoms with van der Waals surface area (Å²) in [5.41, 5.74) is 0.728. The van der Waals surface area contributed by atoms with Crippen molar-refractivity contribution in [2.75, 3.05) is 19.6 Å². The van der Waals surface area contributed by atoms with Crippen molar-refractivity contribution in [1.29, 1.82) is 0 Å². The molecule has 0 aliphatic carbocycles. The fourth-order valence-corrected chi connectivity index (χ4v) is 4.18. The van der Waals surface area contributed by atoms with Crippen LogP contribution in [0.1, 0.15) is 32.1 Å². The third-order valence-electron chi connectivity index (χ3n) is 4.66. The number of benzene rings is 1. The predicted molar refractivity (Wildman–Crippen MR) is 96.3 cm³/mol. The van der Waals surface area contributed by atoms with Crippen LogP contribution in [0.2, 0.25) is 0 Å². The highest BCUT2D eigenvalue weighted by atomic mass is 32.2. The lowest BCUT2D eigenvalue weighted by molar-refractivity contribution is -0.130. The number of oxazole rings is 1. The van der Waals surface area contributed by atoms with Gasteiger partial charge in [-0.2, -0.15) is 0 Å². The molecule has 0 radical (unpaired) electrons. The van der Waals surface area contributed by atoms with Crippen molar-refractivity contribution in [3.63, 3.8) is 0 Å². The maximum Gasteiger partial charge on any atom is 0.419 e. The van der Waals surface area contributed by atoms with Crippen LogP contribution in [0, 0.1) is 0 Å². The third kappa shape index (κ3) is 3.99. The summed E-state index contributed by atoms with van der Waals surface area (Å²) in [5, 5.41) is 0. The van der Waals surface area contributed by atoms with E-state index in [4.69, 9.17) is 4.42 Å². The molecular formula is C17H23N3O5S. The van der Waals surface area contributed by atoms with Crippen LogP contribution in [0.25, 0.3) is 11.1 Å². The lowest BCUT2D eigenvalue weighted by Gasteiger charge is -2.20. The lowest BCUT2D eigenvalue weighted by atomic mass is 10.2. The summed E-state index contributed by atoms with van der Waals surface area (Å²) in [6, 6.07) is 4.25. The molecule has 1 aromatic heterocycles. The van der Waals surface area contributed by atoms with Gasteiger partial charge in [0.25, 0.3) is 0 Å². The van der Waals surface area contributed by atoms with E-state index in [1.165, 1.54) is 22.8 Å². The van der Waals surface area contributed by atoms with Crippen LogP contribution in [-0.2, 0) is 21.9 Å². The number of likely N-dealkylation sites (tertiary alicyclic amines) is 1. The highest BCUT2D eigenvalue weighted by Gasteiger charge is 2.19. The molecular weight excluding hydrogens is 358 g/mol. The van der Waals surface area contributed by atoms with Gasteiger partial charge in [0.05, 0.1) is 10.4 Å². The number of hydrogen-bond donors (Lipinski definition) is 1. The van der Waals surface area contributed by atoms with E-state index in [-0.39, 0.29) is 29.4 Å². The highest BCUT2D eigenvalue weighted by molar-refractivity contribution is 7.89. The van der Waals surface area contributed by atoms with Gasteiger partial charge in [0.1, 0.15) is 0 Å². The number of nitrogens with one attached hydrogen (secondary N) is 1. The number of hydrogen-bond acceptors (Lipinski definition) is 5.